The van der Waals surface area contributed by atoms with Crippen LogP contribution in [0.3, 0.4) is 0 Å². The van der Waals surface area contributed by atoms with E-state index in [0.717, 1.165) is 11.4 Å². The van der Waals surface area contributed by atoms with Crippen molar-refractivity contribution in [1.82, 2.24) is 10.3 Å². The molecule has 110 valence electrons. The molecule has 1 atom stereocenters. The molecule has 0 bridgehead atoms. The van der Waals surface area contributed by atoms with Crippen LogP contribution in [-0.4, -0.2) is 22.0 Å². The third-order valence-electron chi connectivity index (χ3n) is 2.96. The van der Waals surface area contributed by atoms with E-state index in [-0.39, 0.29) is 12.3 Å². The van der Waals surface area contributed by atoms with Gasteiger partial charge in [0, 0.05) is 18.0 Å². The summed E-state index contributed by atoms with van der Waals surface area (Å²) >= 11 is 1.55. The van der Waals surface area contributed by atoms with Gasteiger partial charge in [0.2, 0.25) is 5.91 Å². The maximum Gasteiger partial charge on any atom is 0.330 e. The molecule has 0 fully saturated rings. The summed E-state index contributed by atoms with van der Waals surface area (Å²) in [7, 11) is 0. The Morgan fingerprint density at radius 1 is 1.29 bits per heavy atom. The zero-order valence-corrected chi connectivity index (χ0v) is 12.2. The molecule has 1 amide bonds. The highest BCUT2D eigenvalue weighted by atomic mass is 32.1. The predicted molar refractivity (Wildman–Crippen MR) is 80.0 cm³/mol. The minimum Gasteiger partial charge on any atom is -0.479 e. The minimum absolute atomic E-state index is 0.261. The van der Waals surface area contributed by atoms with Crippen molar-refractivity contribution in [2.24, 2.45) is 0 Å². The molecule has 5 nitrogen and oxygen atoms in total. The Kier molecular flexibility index (Phi) is 5.45. The summed E-state index contributed by atoms with van der Waals surface area (Å²) in [6.45, 7) is 0. The molecule has 2 N–H and O–H groups in total. The van der Waals surface area contributed by atoms with E-state index < -0.39 is 12.0 Å². The van der Waals surface area contributed by atoms with Gasteiger partial charge in [0.15, 0.2) is 6.04 Å². The molecule has 0 aliphatic rings. The van der Waals surface area contributed by atoms with Crippen molar-refractivity contribution in [3.63, 3.8) is 0 Å². The molecule has 0 unspecified atom stereocenters. The molecule has 0 saturated heterocycles. The number of nitrogens with zero attached hydrogens (tertiary/aromatic N) is 1. The van der Waals surface area contributed by atoms with Crippen LogP contribution in [0, 0.1) is 0 Å². The predicted octanol–water partition coefficient (Wildman–Crippen LogP) is 2.41. The van der Waals surface area contributed by atoms with Gasteiger partial charge in [-0.1, -0.05) is 30.3 Å². The van der Waals surface area contributed by atoms with Crippen LogP contribution >= 0.6 is 11.3 Å². The average molecular weight is 304 g/mol. The highest BCUT2D eigenvalue weighted by molar-refractivity contribution is 7.09. The van der Waals surface area contributed by atoms with Crippen LogP contribution in [0.25, 0.3) is 0 Å². The molecular formula is C15H16N2O3S. The van der Waals surface area contributed by atoms with E-state index in [0.29, 0.717) is 12.0 Å². The Morgan fingerprint density at radius 2 is 2.05 bits per heavy atom. The highest BCUT2D eigenvalue weighted by Gasteiger charge is 2.21. The fraction of sp³-hybridized carbons (Fsp3) is 0.267. The second kappa shape index (κ2) is 7.54. The molecule has 2 aromatic rings. The number of carboxylic acids is 1. The third kappa shape index (κ3) is 4.68. The van der Waals surface area contributed by atoms with E-state index >= 15 is 0 Å². The Hall–Kier alpha value is -2.21. The van der Waals surface area contributed by atoms with Crippen LogP contribution in [0.4, 0.5) is 0 Å². The number of rotatable bonds is 7. The number of hydrogen-bond acceptors (Lipinski definition) is 4. The van der Waals surface area contributed by atoms with Gasteiger partial charge in [0.05, 0.1) is 5.01 Å². The van der Waals surface area contributed by atoms with E-state index in [1.807, 2.05) is 5.38 Å². The van der Waals surface area contributed by atoms with Crippen molar-refractivity contribution in [2.45, 2.75) is 25.3 Å². The normalized spacial score (nSPS) is 11.8. The molecular weight excluding hydrogens is 288 g/mol. The van der Waals surface area contributed by atoms with Crippen LogP contribution in [0.15, 0.2) is 41.9 Å². The van der Waals surface area contributed by atoms with Gasteiger partial charge >= 0.3 is 5.97 Å². The number of benzene rings is 1. The quantitative estimate of drug-likeness (QED) is 0.823. The SMILES string of the molecule is O=C(CCCc1nccs1)N[C@@H](C(=O)O)c1ccccc1. The van der Waals surface area contributed by atoms with E-state index in [9.17, 15) is 14.7 Å². The maximum absolute atomic E-state index is 11.9. The van der Waals surface area contributed by atoms with Gasteiger partial charge < -0.3 is 10.4 Å². The number of amides is 1. The molecule has 0 spiro atoms. The zero-order chi connectivity index (χ0) is 15.1. The molecule has 21 heavy (non-hydrogen) atoms. The van der Waals surface area contributed by atoms with E-state index in [1.165, 1.54) is 0 Å². The van der Waals surface area contributed by atoms with E-state index in [4.69, 9.17) is 0 Å². The summed E-state index contributed by atoms with van der Waals surface area (Å²) in [4.78, 5) is 27.3. The first-order chi connectivity index (χ1) is 10.2. The molecule has 1 aromatic carbocycles. The minimum atomic E-state index is -1.06. The Bertz CT molecular complexity index is 584. The zero-order valence-electron chi connectivity index (χ0n) is 11.4. The van der Waals surface area contributed by atoms with Crippen molar-refractivity contribution in [3.05, 3.63) is 52.5 Å². The lowest BCUT2D eigenvalue weighted by Crippen LogP contribution is -2.33. The molecule has 0 radical (unpaired) electrons. The number of carbonyl (C=O) groups excluding carboxylic acids is 1. The monoisotopic (exact) mass is 304 g/mol. The average Bonchev–Trinajstić information content (AvgIpc) is 2.98. The van der Waals surface area contributed by atoms with Crippen molar-refractivity contribution >= 4 is 23.2 Å². The molecule has 1 heterocycles. The first-order valence-electron chi connectivity index (χ1n) is 6.62. The summed E-state index contributed by atoms with van der Waals surface area (Å²) in [5.74, 6) is -1.32. The highest BCUT2D eigenvalue weighted by Crippen LogP contribution is 2.14. The number of aromatic nitrogens is 1. The fourth-order valence-corrected chi connectivity index (χ4v) is 2.61. The topological polar surface area (TPSA) is 79.3 Å². The lowest BCUT2D eigenvalue weighted by molar-refractivity contribution is -0.142. The summed E-state index contributed by atoms with van der Waals surface area (Å²) in [6.07, 6.45) is 3.40. The van der Waals surface area contributed by atoms with Gasteiger partial charge in [0.25, 0.3) is 0 Å². The number of carboxylic acid groups (broad SMARTS) is 1. The molecule has 0 saturated carbocycles. The summed E-state index contributed by atoms with van der Waals surface area (Å²) in [5.41, 5.74) is 0.568. The van der Waals surface area contributed by atoms with Gasteiger partial charge in [-0.3, -0.25) is 4.79 Å². The van der Waals surface area contributed by atoms with E-state index in [1.54, 1.807) is 47.9 Å². The fourth-order valence-electron chi connectivity index (χ4n) is 1.94. The third-order valence-corrected chi connectivity index (χ3v) is 3.80. The lowest BCUT2D eigenvalue weighted by Gasteiger charge is -2.14. The Morgan fingerprint density at radius 3 is 2.67 bits per heavy atom. The second-order valence-electron chi connectivity index (χ2n) is 4.53. The summed E-state index contributed by atoms with van der Waals surface area (Å²) in [6, 6.07) is 7.68. The van der Waals surface area contributed by atoms with Crippen LogP contribution < -0.4 is 5.32 Å². The Balaban J connectivity index is 1.85. The van der Waals surface area contributed by atoms with Gasteiger partial charge in [0.1, 0.15) is 0 Å². The number of hydrogen-bond donors (Lipinski definition) is 2. The van der Waals surface area contributed by atoms with Gasteiger partial charge in [-0.25, -0.2) is 9.78 Å². The molecule has 0 aliphatic heterocycles. The number of carbonyl (C=O) groups is 2. The van der Waals surface area contributed by atoms with Gasteiger partial charge in [-0.15, -0.1) is 11.3 Å². The van der Waals surface area contributed by atoms with E-state index in [2.05, 4.69) is 10.3 Å². The second-order valence-corrected chi connectivity index (χ2v) is 5.51. The lowest BCUT2D eigenvalue weighted by atomic mass is 10.1. The number of aliphatic carboxylic acids is 1. The maximum atomic E-state index is 11.9. The number of thiazole rings is 1. The first kappa shape index (κ1) is 15.2. The van der Waals surface area contributed by atoms with Crippen LogP contribution in [0.5, 0.6) is 0 Å². The van der Waals surface area contributed by atoms with Crippen molar-refractivity contribution < 1.29 is 14.7 Å². The van der Waals surface area contributed by atoms with Crippen LogP contribution in [-0.2, 0) is 16.0 Å². The first-order valence-corrected chi connectivity index (χ1v) is 7.50. The number of nitrogens with one attached hydrogen (secondary N) is 1. The standard InChI is InChI=1S/C15H16N2O3S/c18-12(7-4-8-13-16-9-10-21-13)17-14(15(19)20)11-5-2-1-3-6-11/h1-3,5-6,9-10,14H,4,7-8H2,(H,17,18)(H,19,20)/t14-/m1/s1. The molecule has 2 rings (SSSR count). The van der Waals surface area contributed by atoms with Crippen LogP contribution in [0.1, 0.15) is 29.5 Å². The Labute approximate surface area is 126 Å². The van der Waals surface area contributed by atoms with Crippen molar-refractivity contribution in [3.8, 4) is 0 Å². The van der Waals surface area contributed by atoms with Gasteiger partial charge in [-0.05, 0) is 18.4 Å². The van der Waals surface area contributed by atoms with Crippen molar-refractivity contribution in [2.75, 3.05) is 0 Å². The molecule has 6 heteroatoms. The van der Waals surface area contributed by atoms with Crippen molar-refractivity contribution in [1.29, 1.82) is 0 Å². The molecule has 1 aromatic heterocycles. The largest absolute Gasteiger partial charge is 0.479 e. The number of aryl methyl sites for hydroxylation is 1. The summed E-state index contributed by atoms with van der Waals surface area (Å²) < 4.78 is 0. The van der Waals surface area contributed by atoms with Gasteiger partial charge in [-0.2, -0.15) is 0 Å². The van der Waals surface area contributed by atoms with Crippen LogP contribution in [0.2, 0.25) is 0 Å². The smallest absolute Gasteiger partial charge is 0.330 e. The summed E-state index contributed by atoms with van der Waals surface area (Å²) in [5, 5.41) is 14.7. The molecule has 0 aliphatic carbocycles.